The van der Waals surface area contributed by atoms with Crippen molar-refractivity contribution >= 4 is 34.5 Å². The zero-order valence-corrected chi connectivity index (χ0v) is 17.8. The molecule has 2 rings (SSSR count). The highest BCUT2D eigenvalue weighted by molar-refractivity contribution is 7.10. The largest absolute Gasteiger partial charge is 0.348 e. The van der Waals surface area contributed by atoms with Crippen molar-refractivity contribution in [1.29, 1.82) is 0 Å². The summed E-state index contributed by atoms with van der Waals surface area (Å²) >= 11 is 3.37. The number of hydrogen-bond acceptors (Lipinski definition) is 4. The van der Waals surface area contributed by atoms with E-state index in [1.807, 2.05) is 36.7 Å². The Morgan fingerprint density at radius 3 is 1.63 bits per heavy atom. The second kappa shape index (κ2) is 11.9. The maximum atomic E-state index is 12.1. The Hall–Kier alpha value is -1.66. The van der Waals surface area contributed by atoms with Gasteiger partial charge in [0.25, 0.3) is 0 Å². The smallest absolute Gasteiger partial charge is 0.220 e. The minimum absolute atomic E-state index is 0.0550. The van der Waals surface area contributed by atoms with E-state index in [9.17, 15) is 9.59 Å². The van der Waals surface area contributed by atoms with Crippen LogP contribution in [-0.2, 0) is 9.59 Å². The summed E-state index contributed by atoms with van der Waals surface area (Å²) in [6.07, 6.45) is 5.52. The van der Waals surface area contributed by atoms with Gasteiger partial charge >= 0.3 is 0 Å². The fourth-order valence-electron chi connectivity index (χ4n) is 3.06. The molecule has 0 aliphatic carbocycles. The van der Waals surface area contributed by atoms with Gasteiger partial charge in [-0.2, -0.15) is 0 Å². The maximum Gasteiger partial charge on any atom is 0.220 e. The maximum absolute atomic E-state index is 12.1. The van der Waals surface area contributed by atoms with E-state index in [2.05, 4.69) is 22.8 Å². The number of rotatable bonds is 12. The predicted octanol–water partition coefficient (Wildman–Crippen LogP) is 5.59. The van der Waals surface area contributed by atoms with Crippen LogP contribution in [0.1, 0.15) is 80.6 Å². The van der Waals surface area contributed by atoms with Crippen LogP contribution < -0.4 is 10.6 Å². The molecule has 27 heavy (non-hydrogen) atoms. The minimum atomic E-state index is 0.0550. The molecule has 0 aliphatic rings. The van der Waals surface area contributed by atoms with E-state index in [1.54, 1.807) is 22.7 Å². The fraction of sp³-hybridized carbons (Fsp3) is 0.524. The van der Waals surface area contributed by atoms with Gasteiger partial charge in [-0.25, -0.2) is 0 Å². The lowest BCUT2D eigenvalue weighted by Gasteiger charge is -2.21. The van der Waals surface area contributed by atoms with Crippen LogP contribution in [-0.4, -0.2) is 11.8 Å². The number of thiophene rings is 2. The van der Waals surface area contributed by atoms with Crippen molar-refractivity contribution in [2.75, 3.05) is 0 Å². The summed E-state index contributed by atoms with van der Waals surface area (Å²) in [6, 6.07) is 8.33. The number of amides is 2. The van der Waals surface area contributed by atoms with E-state index in [4.69, 9.17) is 0 Å². The molecule has 0 aromatic carbocycles. The molecule has 6 heteroatoms. The van der Waals surface area contributed by atoms with Crippen molar-refractivity contribution in [2.24, 2.45) is 0 Å². The van der Waals surface area contributed by atoms with Crippen LogP contribution in [0.4, 0.5) is 0 Å². The SMILES string of the molecule is CCCC(=O)NC(CCCC(NC(=O)CCC)c1cccs1)c1cccs1. The molecule has 2 heterocycles. The molecule has 0 spiro atoms. The highest BCUT2D eigenvalue weighted by Gasteiger charge is 2.19. The standard InChI is InChI=1S/C21H30N2O2S2/c1-3-8-20(24)22-16(18-12-6-14-26-18)10-5-11-17(19-13-7-15-27-19)23-21(25)9-4-2/h6-7,12-17H,3-5,8-11H2,1-2H3,(H,22,24)(H,23,25). The topological polar surface area (TPSA) is 58.2 Å². The molecular formula is C21H30N2O2S2. The highest BCUT2D eigenvalue weighted by Crippen LogP contribution is 2.28. The van der Waals surface area contributed by atoms with E-state index in [-0.39, 0.29) is 23.9 Å². The molecule has 2 aromatic rings. The van der Waals surface area contributed by atoms with Gasteiger partial charge in [0.15, 0.2) is 0 Å². The Bertz CT molecular complexity index is 610. The van der Waals surface area contributed by atoms with E-state index in [0.29, 0.717) is 12.8 Å². The Balaban J connectivity index is 1.95. The lowest BCUT2D eigenvalue weighted by molar-refractivity contribution is -0.122. The zero-order chi connectivity index (χ0) is 19.5. The second-order valence-electron chi connectivity index (χ2n) is 6.70. The predicted molar refractivity (Wildman–Crippen MR) is 114 cm³/mol. The van der Waals surface area contributed by atoms with Gasteiger partial charge in [-0.15, -0.1) is 22.7 Å². The molecule has 0 saturated carbocycles. The Morgan fingerprint density at radius 1 is 0.852 bits per heavy atom. The lowest BCUT2D eigenvalue weighted by Crippen LogP contribution is -2.29. The first kappa shape index (κ1) is 21.6. The minimum Gasteiger partial charge on any atom is -0.348 e. The molecule has 2 atom stereocenters. The molecular weight excluding hydrogens is 376 g/mol. The van der Waals surface area contributed by atoms with Crippen molar-refractivity contribution < 1.29 is 9.59 Å². The van der Waals surface area contributed by atoms with E-state index in [1.165, 1.54) is 9.75 Å². The van der Waals surface area contributed by atoms with E-state index >= 15 is 0 Å². The third-order valence-corrected chi connectivity index (χ3v) is 6.36. The molecule has 148 valence electrons. The summed E-state index contributed by atoms with van der Waals surface area (Å²) in [5.41, 5.74) is 0. The van der Waals surface area contributed by atoms with E-state index in [0.717, 1.165) is 32.1 Å². The molecule has 0 saturated heterocycles. The van der Waals surface area contributed by atoms with Gasteiger partial charge in [0.1, 0.15) is 0 Å². The number of nitrogens with one attached hydrogen (secondary N) is 2. The summed E-state index contributed by atoms with van der Waals surface area (Å²) in [6.45, 7) is 4.04. The first-order valence-corrected chi connectivity index (χ1v) is 11.6. The van der Waals surface area contributed by atoms with Gasteiger partial charge in [-0.1, -0.05) is 26.0 Å². The van der Waals surface area contributed by atoms with Gasteiger partial charge in [-0.3, -0.25) is 9.59 Å². The Labute approximate surface area is 170 Å². The van der Waals surface area contributed by atoms with Gasteiger partial charge < -0.3 is 10.6 Å². The van der Waals surface area contributed by atoms with Crippen LogP contribution >= 0.6 is 22.7 Å². The lowest BCUT2D eigenvalue weighted by atomic mass is 10.0. The molecule has 2 aromatic heterocycles. The van der Waals surface area contributed by atoms with Crippen LogP contribution in [0.15, 0.2) is 35.0 Å². The summed E-state index contributed by atoms with van der Waals surface area (Å²) in [5.74, 6) is 0.226. The van der Waals surface area contributed by atoms with Crippen LogP contribution in [0.3, 0.4) is 0 Å². The molecule has 0 radical (unpaired) electrons. The van der Waals surface area contributed by atoms with Crippen molar-refractivity contribution in [3.05, 3.63) is 44.8 Å². The van der Waals surface area contributed by atoms with Crippen LogP contribution in [0.2, 0.25) is 0 Å². The molecule has 2 amide bonds. The van der Waals surface area contributed by atoms with Crippen molar-refractivity contribution in [3.8, 4) is 0 Å². The average Bonchev–Trinajstić information content (AvgIpc) is 3.34. The Morgan fingerprint density at radius 2 is 1.30 bits per heavy atom. The van der Waals surface area contributed by atoms with Crippen molar-refractivity contribution in [1.82, 2.24) is 10.6 Å². The van der Waals surface area contributed by atoms with Gasteiger partial charge in [0.05, 0.1) is 12.1 Å². The van der Waals surface area contributed by atoms with Gasteiger partial charge in [0.2, 0.25) is 11.8 Å². The molecule has 0 bridgehead atoms. The molecule has 2 N–H and O–H groups in total. The Kier molecular flexibility index (Phi) is 9.56. The van der Waals surface area contributed by atoms with E-state index < -0.39 is 0 Å². The summed E-state index contributed by atoms with van der Waals surface area (Å²) in [5, 5.41) is 10.5. The monoisotopic (exact) mass is 406 g/mol. The number of carbonyl (C=O) groups excluding carboxylic acids is 2. The summed E-state index contributed by atoms with van der Waals surface area (Å²) < 4.78 is 0. The first-order chi connectivity index (χ1) is 13.1. The number of hydrogen-bond donors (Lipinski definition) is 2. The van der Waals surface area contributed by atoms with Crippen molar-refractivity contribution in [3.63, 3.8) is 0 Å². The molecule has 0 fully saturated rings. The average molecular weight is 407 g/mol. The first-order valence-electron chi connectivity index (χ1n) is 9.79. The van der Waals surface area contributed by atoms with Crippen LogP contribution in [0, 0.1) is 0 Å². The summed E-state index contributed by atoms with van der Waals surface area (Å²) in [7, 11) is 0. The third-order valence-electron chi connectivity index (χ3n) is 4.38. The highest BCUT2D eigenvalue weighted by atomic mass is 32.1. The van der Waals surface area contributed by atoms with Crippen LogP contribution in [0.25, 0.3) is 0 Å². The summed E-state index contributed by atoms with van der Waals surface area (Å²) in [4.78, 5) is 26.6. The third kappa shape index (κ3) is 7.46. The zero-order valence-electron chi connectivity index (χ0n) is 16.2. The molecule has 2 unspecified atom stereocenters. The number of carbonyl (C=O) groups is 2. The van der Waals surface area contributed by atoms with Gasteiger partial charge in [-0.05, 0) is 55.0 Å². The quantitative estimate of drug-likeness (QED) is 0.482. The van der Waals surface area contributed by atoms with Gasteiger partial charge in [0, 0.05) is 22.6 Å². The second-order valence-corrected chi connectivity index (χ2v) is 8.66. The van der Waals surface area contributed by atoms with Crippen LogP contribution in [0.5, 0.6) is 0 Å². The van der Waals surface area contributed by atoms with Crippen molar-refractivity contribution in [2.45, 2.75) is 70.9 Å². The normalized spacial score (nSPS) is 13.1. The molecule has 4 nitrogen and oxygen atoms in total. The molecule has 0 aliphatic heterocycles. The fourth-order valence-corrected chi connectivity index (χ4v) is 4.69.